The molecule has 1 atom stereocenters. The first-order valence-corrected chi connectivity index (χ1v) is 18.4. The minimum absolute atomic E-state index is 0.638. The Bertz CT molecular complexity index is 1680. The fourth-order valence-corrected chi connectivity index (χ4v) is 6.68. The summed E-state index contributed by atoms with van der Waals surface area (Å²) in [4.78, 5) is 10.4. The molecule has 0 N–H and O–H groups in total. The van der Waals surface area contributed by atoms with Crippen molar-refractivity contribution in [1.82, 2.24) is 9.97 Å². The molecule has 0 bridgehead atoms. The van der Waals surface area contributed by atoms with Crippen LogP contribution in [0.1, 0.15) is 118 Å². The average Bonchev–Trinajstić information content (AvgIpc) is 3.06. The summed E-state index contributed by atoms with van der Waals surface area (Å²) in [7, 11) is 0. The molecule has 0 fully saturated rings. The Labute approximate surface area is 277 Å². The Morgan fingerprint density at radius 3 is 1.52 bits per heavy atom. The summed E-state index contributed by atoms with van der Waals surface area (Å²) >= 11 is 0. The molecular weight excluding hydrogens is 564 g/mol. The fourth-order valence-electron chi connectivity index (χ4n) is 6.68. The third kappa shape index (κ3) is 9.11. The van der Waals surface area contributed by atoms with Crippen molar-refractivity contribution in [2.75, 3.05) is 13.2 Å². The number of ether oxygens (including phenoxy) is 2. The Morgan fingerprint density at radius 1 is 0.522 bits per heavy atom. The Kier molecular flexibility index (Phi) is 12.9. The lowest BCUT2D eigenvalue weighted by atomic mass is 9.98. The van der Waals surface area contributed by atoms with Gasteiger partial charge in [-0.2, -0.15) is 0 Å². The summed E-state index contributed by atoms with van der Waals surface area (Å²) in [5.74, 6) is 2.98. The van der Waals surface area contributed by atoms with Crippen molar-refractivity contribution in [3.05, 3.63) is 60.7 Å². The topological polar surface area (TPSA) is 44.2 Å². The molecule has 0 saturated carbocycles. The van der Waals surface area contributed by atoms with E-state index in [-0.39, 0.29) is 0 Å². The van der Waals surface area contributed by atoms with Gasteiger partial charge in [-0.05, 0) is 35.4 Å². The van der Waals surface area contributed by atoms with E-state index in [1.807, 2.05) is 0 Å². The molecule has 5 aromatic rings. The zero-order chi connectivity index (χ0) is 32.1. The lowest BCUT2D eigenvalue weighted by molar-refractivity contribution is 0.246. The molecule has 0 aliphatic carbocycles. The molecule has 5 rings (SSSR count). The maximum absolute atomic E-state index is 6.47. The monoisotopic (exact) mass is 620 g/mol. The van der Waals surface area contributed by atoms with Crippen molar-refractivity contribution in [3.8, 4) is 11.5 Å². The van der Waals surface area contributed by atoms with Gasteiger partial charge in [-0.25, -0.2) is 9.97 Å². The third-order valence-electron chi connectivity index (χ3n) is 9.49. The predicted octanol–water partition coefficient (Wildman–Crippen LogP) is 12.6. The van der Waals surface area contributed by atoms with Crippen LogP contribution in [0.5, 0.6) is 11.5 Å². The SMILES string of the molecule is CCCCCCCCCCCCOc1cc2nc3c4ccccc4c4ccccc4c3nc2cc1OCC[C@@H](C)CCCC(C)C. The van der Waals surface area contributed by atoms with E-state index in [9.17, 15) is 0 Å². The van der Waals surface area contributed by atoms with Gasteiger partial charge in [0.05, 0.1) is 35.3 Å². The lowest BCUT2D eigenvalue weighted by Crippen LogP contribution is -2.07. The van der Waals surface area contributed by atoms with Crippen LogP contribution in [0.25, 0.3) is 43.6 Å². The predicted molar refractivity (Wildman–Crippen MR) is 197 cm³/mol. The highest BCUT2D eigenvalue weighted by Crippen LogP contribution is 2.37. The highest BCUT2D eigenvalue weighted by Gasteiger charge is 2.16. The van der Waals surface area contributed by atoms with Crippen LogP contribution in [0.2, 0.25) is 0 Å². The second kappa shape index (κ2) is 17.5. The Hall–Kier alpha value is -3.40. The van der Waals surface area contributed by atoms with Crippen LogP contribution < -0.4 is 9.47 Å². The average molecular weight is 621 g/mol. The van der Waals surface area contributed by atoms with Gasteiger partial charge in [-0.15, -0.1) is 0 Å². The maximum Gasteiger partial charge on any atom is 0.163 e. The maximum atomic E-state index is 6.47. The van der Waals surface area contributed by atoms with E-state index in [4.69, 9.17) is 19.4 Å². The summed E-state index contributed by atoms with van der Waals surface area (Å²) < 4.78 is 12.9. The highest BCUT2D eigenvalue weighted by molar-refractivity contribution is 6.23. The fraction of sp³-hybridized carbons (Fsp3) is 0.524. The smallest absolute Gasteiger partial charge is 0.163 e. The van der Waals surface area contributed by atoms with Crippen molar-refractivity contribution >= 4 is 43.6 Å². The number of hydrogen-bond donors (Lipinski definition) is 0. The zero-order valence-corrected chi connectivity index (χ0v) is 29.0. The largest absolute Gasteiger partial charge is 0.490 e. The molecule has 4 aromatic carbocycles. The van der Waals surface area contributed by atoms with E-state index < -0.39 is 0 Å². The zero-order valence-electron chi connectivity index (χ0n) is 29.0. The molecule has 1 aromatic heterocycles. The molecule has 1 heterocycles. The van der Waals surface area contributed by atoms with E-state index in [2.05, 4.69) is 88.4 Å². The quantitative estimate of drug-likeness (QED) is 0.0493. The van der Waals surface area contributed by atoms with Crippen LogP contribution >= 0.6 is 0 Å². The van der Waals surface area contributed by atoms with Gasteiger partial charge in [-0.3, -0.25) is 0 Å². The molecule has 246 valence electrons. The van der Waals surface area contributed by atoms with Crippen molar-refractivity contribution in [3.63, 3.8) is 0 Å². The summed E-state index contributed by atoms with van der Waals surface area (Å²) in [5.41, 5.74) is 3.57. The molecule has 0 radical (unpaired) electrons. The van der Waals surface area contributed by atoms with Crippen LogP contribution in [0.4, 0.5) is 0 Å². The second-order valence-electron chi connectivity index (χ2n) is 13.9. The number of aromatic nitrogens is 2. The lowest BCUT2D eigenvalue weighted by Gasteiger charge is -2.17. The Balaban J connectivity index is 1.33. The van der Waals surface area contributed by atoms with Crippen LogP contribution in [0.3, 0.4) is 0 Å². The van der Waals surface area contributed by atoms with Crippen LogP contribution in [0, 0.1) is 11.8 Å². The minimum Gasteiger partial charge on any atom is -0.490 e. The number of benzene rings is 4. The molecule has 0 aliphatic heterocycles. The van der Waals surface area contributed by atoms with Crippen LogP contribution in [-0.4, -0.2) is 23.2 Å². The molecule has 4 heteroatoms. The van der Waals surface area contributed by atoms with E-state index in [1.54, 1.807) is 0 Å². The molecule has 0 amide bonds. The normalized spacial score (nSPS) is 12.5. The third-order valence-corrected chi connectivity index (χ3v) is 9.49. The van der Waals surface area contributed by atoms with Crippen LogP contribution in [0.15, 0.2) is 60.7 Å². The van der Waals surface area contributed by atoms with Gasteiger partial charge < -0.3 is 9.47 Å². The van der Waals surface area contributed by atoms with Gasteiger partial charge in [-0.1, -0.05) is 153 Å². The summed E-state index contributed by atoms with van der Waals surface area (Å²) in [6, 6.07) is 21.2. The number of rotatable bonds is 20. The van der Waals surface area contributed by atoms with Crippen molar-refractivity contribution in [2.45, 2.75) is 118 Å². The summed E-state index contributed by atoms with van der Waals surface area (Å²) in [6.07, 6.45) is 18.0. The van der Waals surface area contributed by atoms with E-state index in [0.29, 0.717) is 19.1 Å². The van der Waals surface area contributed by atoms with Gasteiger partial charge >= 0.3 is 0 Å². The number of fused-ring (bicyclic) bond motifs is 7. The first-order chi connectivity index (χ1) is 22.5. The molecule has 46 heavy (non-hydrogen) atoms. The highest BCUT2D eigenvalue weighted by atomic mass is 16.5. The van der Waals surface area contributed by atoms with Gasteiger partial charge in [0.15, 0.2) is 11.5 Å². The summed E-state index contributed by atoms with van der Waals surface area (Å²) in [6.45, 7) is 10.6. The molecule has 0 saturated heterocycles. The van der Waals surface area contributed by atoms with E-state index in [1.165, 1.54) is 87.8 Å². The molecular formula is C42H56N2O2. The number of unbranched alkanes of at least 4 members (excludes halogenated alkanes) is 9. The molecule has 0 spiro atoms. The first-order valence-electron chi connectivity index (χ1n) is 18.4. The molecule has 0 aliphatic rings. The van der Waals surface area contributed by atoms with Crippen LogP contribution in [-0.2, 0) is 0 Å². The van der Waals surface area contributed by atoms with Gasteiger partial charge in [0.25, 0.3) is 0 Å². The molecule has 4 nitrogen and oxygen atoms in total. The van der Waals surface area contributed by atoms with E-state index in [0.717, 1.165) is 63.1 Å². The summed E-state index contributed by atoms with van der Waals surface area (Å²) in [5, 5.41) is 4.67. The van der Waals surface area contributed by atoms with E-state index >= 15 is 0 Å². The Morgan fingerprint density at radius 2 is 1.00 bits per heavy atom. The standard InChI is InChI=1S/C42H56N2O2/c1-5-6-7-8-9-10-11-12-13-18-27-45-39-29-37-38(30-40(39)46-28-26-32(4)21-19-20-31(2)3)44-42-36-25-17-15-23-34(36)33-22-14-16-24-35(33)41(42)43-37/h14-17,22-25,29-32H,5-13,18-21,26-28H2,1-4H3/t32-/m0/s1. The number of nitrogens with zero attached hydrogens (tertiary/aromatic N) is 2. The van der Waals surface area contributed by atoms with Gasteiger partial charge in [0.2, 0.25) is 0 Å². The van der Waals surface area contributed by atoms with Crippen molar-refractivity contribution in [1.29, 1.82) is 0 Å². The van der Waals surface area contributed by atoms with Crippen molar-refractivity contribution in [2.24, 2.45) is 11.8 Å². The minimum atomic E-state index is 0.638. The molecule has 0 unspecified atom stereocenters. The van der Waals surface area contributed by atoms with Gasteiger partial charge in [0, 0.05) is 22.9 Å². The number of hydrogen-bond acceptors (Lipinski definition) is 4. The second-order valence-corrected chi connectivity index (χ2v) is 13.9. The first kappa shape index (κ1) is 33.9. The van der Waals surface area contributed by atoms with Gasteiger partial charge in [0.1, 0.15) is 0 Å². The van der Waals surface area contributed by atoms with Crippen molar-refractivity contribution < 1.29 is 9.47 Å².